The van der Waals surface area contributed by atoms with Crippen LogP contribution >= 0.6 is 15.9 Å². The maximum absolute atomic E-state index is 12.2. The normalized spacial score (nSPS) is 10.3. The summed E-state index contributed by atoms with van der Waals surface area (Å²) in [5, 5.41) is 2.86. The second kappa shape index (κ2) is 9.97. The molecule has 0 saturated carbocycles. The third-order valence-corrected chi connectivity index (χ3v) is 4.07. The summed E-state index contributed by atoms with van der Waals surface area (Å²) in [6.45, 7) is 4.33. The molecule has 0 heterocycles. The van der Waals surface area contributed by atoms with Gasteiger partial charge in [0.25, 0.3) is 0 Å². The Morgan fingerprint density at radius 1 is 1.12 bits per heavy atom. The minimum Gasteiger partial charge on any atom is -0.494 e. The van der Waals surface area contributed by atoms with E-state index in [1.807, 2.05) is 25.1 Å². The molecule has 2 rings (SSSR count). The number of halogens is 1. The Kier molecular flexibility index (Phi) is 7.66. The highest BCUT2D eigenvalue weighted by molar-refractivity contribution is 9.10. The van der Waals surface area contributed by atoms with E-state index in [9.17, 15) is 9.59 Å². The van der Waals surface area contributed by atoms with Gasteiger partial charge in [-0.2, -0.15) is 0 Å². The van der Waals surface area contributed by atoms with Gasteiger partial charge in [-0.25, -0.2) is 0 Å². The third-order valence-electron chi connectivity index (χ3n) is 3.57. The summed E-state index contributed by atoms with van der Waals surface area (Å²) >= 11 is 3.39. The quantitative estimate of drug-likeness (QED) is 0.466. The Morgan fingerprint density at radius 3 is 2.65 bits per heavy atom. The number of nitrogens with one attached hydrogen (secondary N) is 1. The van der Waals surface area contributed by atoms with Crippen LogP contribution in [-0.4, -0.2) is 24.9 Å². The van der Waals surface area contributed by atoms with Gasteiger partial charge < -0.3 is 14.8 Å². The largest absolute Gasteiger partial charge is 0.494 e. The van der Waals surface area contributed by atoms with Crippen molar-refractivity contribution in [3.05, 3.63) is 52.5 Å². The Hall–Kier alpha value is -2.34. The fourth-order valence-electron chi connectivity index (χ4n) is 2.32. The Bertz CT molecular complexity index is 776. The monoisotopic (exact) mass is 419 g/mol. The van der Waals surface area contributed by atoms with Crippen molar-refractivity contribution in [2.75, 3.05) is 18.5 Å². The first-order chi connectivity index (χ1) is 12.5. The minimum absolute atomic E-state index is 0.00560. The molecule has 5 nitrogen and oxygen atoms in total. The summed E-state index contributed by atoms with van der Waals surface area (Å²) in [6.07, 6.45) is 0.887. The van der Waals surface area contributed by atoms with Gasteiger partial charge >= 0.3 is 0 Å². The molecule has 2 aromatic carbocycles. The van der Waals surface area contributed by atoms with Crippen LogP contribution in [0, 0.1) is 0 Å². The molecule has 0 aliphatic carbocycles. The first-order valence-corrected chi connectivity index (χ1v) is 9.25. The molecule has 1 amide bonds. The molecule has 0 bridgehead atoms. The van der Waals surface area contributed by atoms with Crippen molar-refractivity contribution in [1.82, 2.24) is 0 Å². The van der Waals surface area contributed by atoms with E-state index in [2.05, 4.69) is 21.2 Å². The average molecular weight is 420 g/mol. The van der Waals surface area contributed by atoms with Crippen LogP contribution < -0.4 is 14.8 Å². The van der Waals surface area contributed by atoms with E-state index in [4.69, 9.17) is 9.47 Å². The van der Waals surface area contributed by atoms with Crippen molar-refractivity contribution >= 4 is 33.3 Å². The van der Waals surface area contributed by atoms with Gasteiger partial charge in [0.15, 0.2) is 5.78 Å². The summed E-state index contributed by atoms with van der Waals surface area (Å²) in [4.78, 5) is 23.5. The van der Waals surface area contributed by atoms with E-state index in [1.165, 1.54) is 6.92 Å². The lowest BCUT2D eigenvalue weighted by molar-refractivity contribution is -0.116. The van der Waals surface area contributed by atoms with Gasteiger partial charge in [-0.1, -0.05) is 28.1 Å². The zero-order chi connectivity index (χ0) is 18.9. The van der Waals surface area contributed by atoms with Crippen LogP contribution in [-0.2, 0) is 4.79 Å². The molecule has 6 heteroatoms. The topological polar surface area (TPSA) is 64.6 Å². The summed E-state index contributed by atoms with van der Waals surface area (Å²) < 4.78 is 12.0. The molecule has 0 saturated heterocycles. The SMILES string of the molecule is CCOc1ccc(Br)cc1NC(=O)CCCOc1cccc(C(C)=O)c1. The molecule has 1 N–H and O–H groups in total. The van der Waals surface area contributed by atoms with Crippen LogP contribution in [0.25, 0.3) is 0 Å². The van der Waals surface area contributed by atoms with Crippen LogP contribution in [0.4, 0.5) is 5.69 Å². The maximum Gasteiger partial charge on any atom is 0.224 e. The predicted molar refractivity (Wildman–Crippen MR) is 105 cm³/mol. The number of hydrogen-bond donors (Lipinski definition) is 1. The van der Waals surface area contributed by atoms with Crippen molar-refractivity contribution in [3.8, 4) is 11.5 Å². The van der Waals surface area contributed by atoms with E-state index >= 15 is 0 Å². The Balaban J connectivity index is 1.82. The van der Waals surface area contributed by atoms with Crippen LogP contribution in [0.5, 0.6) is 11.5 Å². The van der Waals surface area contributed by atoms with Crippen LogP contribution in [0.3, 0.4) is 0 Å². The summed E-state index contributed by atoms with van der Waals surface area (Å²) in [5.41, 5.74) is 1.25. The highest BCUT2D eigenvalue weighted by Crippen LogP contribution is 2.28. The van der Waals surface area contributed by atoms with Gasteiger partial charge in [-0.05, 0) is 50.6 Å². The second-order valence-electron chi connectivity index (χ2n) is 5.66. The number of rotatable bonds is 9. The molecule has 0 aliphatic rings. The number of benzene rings is 2. The molecule has 0 fully saturated rings. The molecule has 0 unspecified atom stereocenters. The van der Waals surface area contributed by atoms with Crippen LogP contribution in [0.2, 0.25) is 0 Å². The first kappa shape index (κ1) is 20.0. The number of anilines is 1. The van der Waals surface area contributed by atoms with Gasteiger partial charge in [-0.15, -0.1) is 0 Å². The van der Waals surface area contributed by atoms with Crippen molar-refractivity contribution in [2.24, 2.45) is 0 Å². The maximum atomic E-state index is 12.2. The molecule has 2 aromatic rings. The van der Waals surface area contributed by atoms with Gasteiger partial charge in [0.05, 0.1) is 18.9 Å². The number of carbonyl (C=O) groups excluding carboxylic acids is 2. The molecule has 138 valence electrons. The summed E-state index contributed by atoms with van der Waals surface area (Å²) in [6, 6.07) is 12.5. The average Bonchev–Trinajstić information content (AvgIpc) is 2.61. The van der Waals surface area contributed by atoms with Crippen molar-refractivity contribution in [1.29, 1.82) is 0 Å². The molecule has 0 aromatic heterocycles. The van der Waals surface area contributed by atoms with Gasteiger partial charge in [0.1, 0.15) is 11.5 Å². The van der Waals surface area contributed by atoms with Crippen LogP contribution in [0.1, 0.15) is 37.0 Å². The number of hydrogen-bond acceptors (Lipinski definition) is 4. The lowest BCUT2D eigenvalue weighted by atomic mass is 10.1. The molecule has 26 heavy (non-hydrogen) atoms. The molecular formula is C20H22BrNO4. The number of carbonyl (C=O) groups is 2. The standard InChI is InChI=1S/C20H22BrNO4/c1-3-25-19-10-9-16(21)13-18(19)22-20(24)8-5-11-26-17-7-4-6-15(12-17)14(2)23/h4,6-7,9-10,12-13H,3,5,8,11H2,1-2H3,(H,22,24). The fraction of sp³-hybridized carbons (Fsp3) is 0.300. The number of Topliss-reactive ketones (excluding diaryl/α,β-unsaturated/α-hetero) is 1. The summed E-state index contributed by atoms with van der Waals surface area (Å²) in [5.74, 6) is 1.16. The predicted octanol–water partition coefficient (Wildman–Crippen LogP) is 4.85. The fourth-order valence-corrected chi connectivity index (χ4v) is 2.68. The Morgan fingerprint density at radius 2 is 1.92 bits per heavy atom. The van der Waals surface area contributed by atoms with Crippen molar-refractivity contribution < 1.29 is 19.1 Å². The highest BCUT2D eigenvalue weighted by atomic mass is 79.9. The summed E-state index contributed by atoms with van der Waals surface area (Å²) in [7, 11) is 0. The second-order valence-corrected chi connectivity index (χ2v) is 6.57. The molecule has 0 aliphatic heterocycles. The number of ether oxygens (including phenoxy) is 2. The highest BCUT2D eigenvalue weighted by Gasteiger charge is 2.09. The van der Waals surface area contributed by atoms with E-state index < -0.39 is 0 Å². The van der Waals surface area contributed by atoms with Crippen LogP contribution in [0.15, 0.2) is 46.9 Å². The van der Waals surface area contributed by atoms with Gasteiger partial charge in [0, 0.05) is 16.5 Å². The zero-order valence-corrected chi connectivity index (χ0v) is 16.5. The molecule has 0 radical (unpaired) electrons. The lowest BCUT2D eigenvalue weighted by Gasteiger charge is -2.12. The molecular weight excluding hydrogens is 398 g/mol. The number of amides is 1. The van der Waals surface area contributed by atoms with Gasteiger partial charge in [0.2, 0.25) is 5.91 Å². The van der Waals surface area contributed by atoms with E-state index in [0.717, 1.165) is 4.47 Å². The number of ketones is 1. The smallest absolute Gasteiger partial charge is 0.224 e. The van der Waals surface area contributed by atoms with Crippen molar-refractivity contribution in [2.45, 2.75) is 26.7 Å². The Labute approximate surface area is 161 Å². The lowest BCUT2D eigenvalue weighted by Crippen LogP contribution is -2.14. The van der Waals surface area contributed by atoms with E-state index in [-0.39, 0.29) is 11.7 Å². The van der Waals surface area contributed by atoms with Gasteiger partial charge in [-0.3, -0.25) is 9.59 Å². The van der Waals surface area contributed by atoms with Crippen molar-refractivity contribution in [3.63, 3.8) is 0 Å². The van der Waals surface area contributed by atoms with E-state index in [0.29, 0.717) is 48.8 Å². The minimum atomic E-state index is -0.106. The molecule has 0 spiro atoms. The third kappa shape index (κ3) is 6.19. The zero-order valence-electron chi connectivity index (χ0n) is 14.9. The molecule has 0 atom stereocenters. The van der Waals surface area contributed by atoms with E-state index in [1.54, 1.807) is 24.3 Å². The first-order valence-electron chi connectivity index (χ1n) is 8.45.